The van der Waals surface area contributed by atoms with E-state index in [1.807, 2.05) is 0 Å². The second-order valence-corrected chi connectivity index (χ2v) is 7.86. The number of para-hydroxylation sites is 1. The summed E-state index contributed by atoms with van der Waals surface area (Å²) in [5, 5.41) is 7.88. The number of aromatic nitrogens is 4. The summed E-state index contributed by atoms with van der Waals surface area (Å²) in [4.78, 5) is 19.8. The van der Waals surface area contributed by atoms with Crippen LogP contribution in [-0.2, 0) is 6.18 Å². The zero-order chi connectivity index (χ0) is 22.5. The van der Waals surface area contributed by atoms with Gasteiger partial charge in [0.15, 0.2) is 5.82 Å². The lowest BCUT2D eigenvalue weighted by atomic mass is 10.1. The molecule has 5 rings (SSSR count). The Balaban J connectivity index is 1.37. The Bertz CT molecular complexity index is 1130. The van der Waals surface area contributed by atoms with E-state index in [-0.39, 0.29) is 35.0 Å². The van der Waals surface area contributed by atoms with Crippen molar-refractivity contribution in [3.63, 3.8) is 0 Å². The van der Waals surface area contributed by atoms with Crippen molar-refractivity contribution in [2.45, 2.75) is 31.2 Å². The summed E-state index contributed by atoms with van der Waals surface area (Å²) in [7, 11) is 0. The van der Waals surface area contributed by atoms with Gasteiger partial charge in [-0.2, -0.15) is 23.4 Å². The first-order valence-electron chi connectivity index (χ1n) is 9.97. The number of piperidine rings is 1. The van der Waals surface area contributed by atoms with Gasteiger partial charge in [-0.1, -0.05) is 6.07 Å². The zero-order valence-corrected chi connectivity index (χ0v) is 16.5. The van der Waals surface area contributed by atoms with Crippen LogP contribution in [-0.4, -0.2) is 49.5 Å². The molecule has 166 valence electrons. The predicted octanol–water partition coefficient (Wildman–Crippen LogP) is 3.50. The molecule has 3 atom stereocenters. The Hall–Kier alpha value is -3.50. The van der Waals surface area contributed by atoms with Gasteiger partial charge in [-0.15, -0.1) is 4.80 Å². The fourth-order valence-electron chi connectivity index (χ4n) is 4.48. The van der Waals surface area contributed by atoms with E-state index < -0.39 is 23.7 Å². The maximum absolute atomic E-state index is 14.5. The van der Waals surface area contributed by atoms with Gasteiger partial charge < -0.3 is 9.64 Å². The van der Waals surface area contributed by atoms with E-state index in [1.54, 1.807) is 4.90 Å². The average molecular weight is 447 g/mol. The number of halogens is 4. The molecule has 1 aliphatic carbocycles. The standard InChI is InChI=1S/C21H17F4N5O2/c22-15-3-1-2-14(19(15)30-27-6-7-28-30)20(31)29-11-12-8-16(29)17(9-12)32-18-5-4-13(10-26-18)21(23,24)25/h1-7,10,12,16-17H,8-9,11H2/t12?,16-,17+/m0/s1. The van der Waals surface area contributed by atoms with Gasteiger partial charge in [-0.05, 0) is 37.0 Å². The van der Waals surface area contributed by atoms with Crippen LogP contribution in [0.4, 0.5) is 17.6 Å². The average Bonchev–Trinajstić information content (AvgIpc) is 3.50. The zero-order valence-electron chi connectivity index (χ0n) is 16.5. The highest BCUT2D eigenvalue weighted by molar-refractivity contribution is 5.98. The summed E-state index contributed by atoms with van der Waals surface area (Å²) in [6, 6.07) is 5.99. The number of likely N-dealkylation sites (tertiary alicyclic amines) is 1. The van der Waals surface area contributed by atoms with Gasteiger partial charge in [0.2, 0.25) is 5.88 Å². The molecule has 0 radical (unpaired) electrons. The lowest BCUT2D eigenvalue weighted by molar-refractivity contribution is -0.137. The van der Waals surface area contributed by atoms with Crippen molar-refractivity contribution in [2.24, 2.45) is 5.92 Å². The van der Waals surface area contributed by atoms with E-state index in [0.717, 1.165) is 17.1 Å². The fourth-order valence-corrected chi connectivity index (χ4v) is 4.48. The number of fused-ring (bicyclic) bond motifs is 2. The molecule has 32 heavy (non-hydrogen) atoms. The second kappa shape index (κ2) is 7.57. The molecule has 1 saturated carbocycles. The highest BCUT2D eigenvalue weighted by Gasteiger charge is 2.49. The Morgan fingerprint density at radius 2 is 1.88 bits per heavy atom. The Kier molecular flexibility index (Phi) is 4.83. The molecule has 1 unspecified atom stereocenters. The highest BCUT2D eigenvalue weighted by Crippen LogP contribution is 2.41. The molecule has 1 aromatic carbocycles. The Morgan fingerprint density at radius 3 is 2.53 bits per heavy atom. The van der Waals surface area contributed by atoms with Gasteiger partial charge in [0.25, 0.3) is 5.91 Å². The largest absolute Gasteiger partial charge is 0.472 e. The molecule has 2 aliphatic rings. The second-order valence-electron chi connectivity index (χ2n) is 7.86. The molecule has 2 fully saturated rings. The number of carbonyl (C=O) groups is 1. The first-order valence-corrected chi connectivity index (χ1v) is 9.97. The summed E-state index contributed by atoms with van der Waals surface area (Å²) in [5.74, 6) is -0.755. The van der Waals surface area contributed by atoms with Gasteiger partial charge in [0.05, 0.1) is 29.6 Å². The molecule has 0 N–H and O–H groups in total. The number of hydrogen-bond donors (Lipinski definition) is 0. The number of ether oxygens (including phenoxy) is 1. The molecular formula is C21H17F4N5O2. The lowest BCUT2D eigenvalue weighted by Gasteiger charge is -2.33. The molecule has 2 aromatic heterocycles. The SMILES string of the molecule is O=C(c1cccc(F)c1-n1nccn1)N1CC2C[C@@H](Oc3ccc(C(F)(F)F)cn3)[C@@H]1C2. The topological polar surface area (TPSA) is 73.1 Å². The van der Waals surface area contributed by atoms with E-state index in [2.05, 4.69) is 15.2 Å². The van der Waals surface area contributed by atoms with Gasteiger partial charge in [-0.25, -0.2) is 9.37 Å². The quantitative estimate of drug-likeness (QED) is 0.573. The van der Waals surface area contributed by atoms with E-state index in [1.165, 1.54) is 36.7 Å². The van der Waals surface area contributed by atoms with Crippen LogP contribution in [0.15, 0.2) is 48.9 Å². The molecule has 11 heteroatoms. The number of rotatable bonds is 4. The minimum Gasteiger partial charge on any atom is -0.472 e. The van der Waals surface area contributed by atoms with Crippen molar-refractivity contribution >= 4 is 5.91 Å². The molecule has 2 bridgehead atoms. The van der Waals surface area contributed by atoms with Crippen molar-refractivity contribution < 1.29 is 27.1 Å². The van der Waals surface area contributed by atoms with Crippen LogP contribution in [0.1, 0.15) is 28.8 Å². The number of pyridine rings is 1. The molecular weight excluding hydrogens is 430 g/mol. The van der Waals surface area contributed by atoms with Crippen molar-refractivity contribution in [3.05, 3.63) is 65.9 Å². The van der Waals surface area contributed by atoms with Gasteiger partial charge in [0, 0.05) is 18.8 Å². The first kappa shape index (κ1) is 20.4. The fraction of sp³-hybridized carbons (Fsp3) is 0.333. The molecule has 1 aliphatic heterocycles. The predicted molar refractivity (Wildman–Crippen MR) is 103 cm³/mol. The summed E-state index contributed by atoms with van der Waals surface area (Å²) < 4.78 is 58.6. The minimum absolute atomic E-state index is 0.0350. The van der Waals surface area contributed by atoms with Crippen molar-refractivity contribution in [2.75, 3.05) is 6.54 Å². The van der Waals surface area contributed by atoms with Crippen LogP contribution in [0, 0.1) is 11.7 Å². The van der Waals surface area contributed by atoms with Crippen molar-refractivity contribution in [3.8, 4) is 11.6 Å². The summed E-state index contributed by atoms with van der Waals surface area (Å²) in [6.45, 7) is 0.492. The smallest absolute Gasteiger partial charge is 0.417 e. The number of alkyl halides is 3. The van der Waals surface area contributed by atoms with Crippen molar-refractivity contribution in [1.29, 1.82) is 0 Å². The Labute approximate surface area is 179 Å². The maximum Gasteiger partial charge on any atom is 0.417 e. The number of hydrogen-bond acceptors (Lipinski definition) is 5. The molecule has 1 amide bonds. The van der Waals surface area contributed by atoms with Gasteiger partial charge >= 0.3 is 6.18 Å². The van der Waals surface area contributed by atoms with Crippen LogP contribution in [0.2, 0.25) is 0 Å². The van der Waals surface area contributed by atoms with Crippen molar-refractivity contribution in [1.82, 2.24) is 24.9 Å². The Morgan fingerprint density at radius 1 is 1.09 bits per heavy atom. The van der Waals surface area contributed by atoms with Crippen LogP contribution < -0.4 is 4.74 Å². The highest BCUT2D eigenvalue weighted by atomic mass is 19.4. The van der Waals surface area contributed by atoms with Crippen LogP contribution in [0.3, 0.4) is 0 Å². The van der Waals surface area contributed by atoms with E-state index in [0.29, 0.717) is 19.4 Å². The minimum atomic E-state index is -4.48. The third-order valence-electron chi connectivity index (χ3n) is 5.86. The maximum atomic E-state index is 14.5. The summed E-state index contributed by atoms with van der Waals surface area (Å²) in [5.41, 5.74) is -0.771. The first-order chi connectivity index (χ1) is 15.3. The van der Waals surface area contributed by atoms with Crippen LogP contribution in [0.5, 0.6) is 5.88 Å². The number of nitrogens with zero attached hydrogens (tertiary/aromatic N) is 5. The van der Waals surface area contributed by atoms with Crippen LogP contribution in [0.25, 0.3) is 5.69 Å². The normalized spacial score (nSPS) is 22.4. The van der Waals surface area contributed by atoms with Crippen LogP contribution >= 0.6 is 0 Å². The third-order valence-corrected chi connectivity index (χ3v) is 5.86. The number of benzene rings is 1. The molecule has 3 heterocycles. The molecule has 3 aromatic rings. The van der Waals surface area contributed by atoms with Gasteiger partial charge in [-0.3, -0.25) is 4.79 Å². The summed E-state index contributed by atoms with van der Waals surface area (Å²) >= 11 is 0. The number of amides is 1. The molecule has 0 spiro atoms. The van der Waals surface area contributed by atoms with E-state index >= 15 is 0 Å². The molecule has 1 saturated heterocycles. The lowest BCUT2D eigenvalue weighted by Crippen LogP contribution is -2.47. The molecule has 7 nitrogen and oxygen atoms in total. The van der Waals surface area contributed by atoms with E-state index in [9.17, 15) is 22.4 Å². The van der Waals surface area contributed by atoms with E-state index in [4.69, 9.17) is 4.74 Å². The number of carbonyl (C=O) groups excluding carboxylic acids is 1. The monoisotopic (exact) mass is 447 g/mol. The summed E-state index contributed by atoms with van der Waals surface area (Å²) in [6.07, 6.45) is -0.0367. The van der Waals surface area contributed by atoms with Gasteiger partial charge in [0.1, 0.15) is 11.8 Å². The third kappa shape index (κ3) is 3.57.